The molecular formula is C23H54. The Balaban J connectivity index is -0.000000108. The fourth-order valence-corrected chi connectivity index (χ4v) is 1.50. The molecule has 0 heteroatoms. The molecular weight excluding hydrogens is 276 g/mol. The Morgan fingerprint density at radius 2 is 0.826 bits per heavy atom. The lowest BCUT2D eigenvalue weighted by molar-refractivity contribution is 0.277. The van der Waals surface area contributed by atoms with Gasteiger partial charge in [0.2, 0.25) is 0 Å². The van der Waals surface area contributed by atoms with Crippen LogP contribution in [0.2, 0.25) is 0 Å². The second kappa shape index (κ2) is 22.0. The minimum absolute atomic E-state index is 0. The molecule has 2 unspecified atom stereocenters. The van der Waals surface area contributed by atoms with Gasteiger partial charge in [0.1, 0.15) is 0 Å². The molecule has 0 aromatic heterocycles. The van der Waals surface area contributed by atoms with Crippen LogP contribution in [0.25, 0.3) is 0 Å². The standard InChI is InChI=1S/C8H16.2C5H12.C4H10.CH4/c1-7-5-3-4-6-8(7)2;2*1-4-5(2)3;1-4(2)3;/h7-8H,3-6H2,1-2H3;2*5H,4H2,1-3H3;4H,1-3H3;1H4. The van der Waals surface area contributed by atoms with E-state index in [9.17, 15) is 0 Å². The molecule has 1 aliphatic rings. The second-order valence-electron chi connectivity index (χ2n) is 8.58. The summed E-state index contributed by atoms with van der Waals surface area (Å²) in [5.74, 6) is 4.61. The van der Waals surface area contributed by atoms with Gasteiger partial charge in [-0.2, -0.15) is 0 Å². The van der Waals surface area contributed by atoms with E-state index in [4.69, 9.17) is 0 Å². The highest BCUT2D eigenvalue weighted by Gasteiger charge is 2.15. The topological polar surface area (TPSA) is 0 Å². The summed E-state index contributed by atoms with van der Waals surface area (Å²) in [7, 11) is 0. The summed E-state index contributed by atoms with van der Waals surface area (Å²) < 4.78 is 0. The Bertz CT molecular complexity index is 158. The highest BCUT2D eigenvalue weighted by molar-refractivity contribution is 4.67. The molecule has 2 atom stereocenters. The van der Waals surface area contributed by atoms with E-state index in [-0.39, 0.29) is 7.43 Å². The first-order chi connectivity index (χ1) is 10.1. The van der Waals surface area contributed by atoms with Gasteiger partial charge >= 0.3 is 0 Å². The van der Waals surface area contributed by atoms with Gasteiger partial charge in [0.25, 0.3) is 0 Å². The average molecular weight is 331 g/mol. The van der Waals surface area contributed by atoms with Crippen LogP contribution >= 0.6 is 0 Å². The van der Waals surface area contributed by atoms with E-state index >= 15 is 0 Å². The van der Waals surface area contributed by atoms with Crippen LogP contribution in [0, 0.1) is 29.6 Å². The van der Waals surface area contributed by atoms with E-state index in [0.717, 1.165) is 29.6 Å². The van der Waals surface area contributed by atoms with Gasteiger partial charge < -0.3 is 0 Å². The molecule has 0 radical (unpaired) electrons. The fraction of sp³-hybridized carbons (Fsp3) is 1.00. The molecule has 1 rings (SSSR count). The van der Waals surface area contributed by atoms with Gasteiger partial charge in [-0.3, -0.25) is 0 Å². The first-order valence-electron chi connectivity index (χ1n) is 10.1. The lowest BCUT2D eigenvalue weighted by Gasteiger charge is -2.24. The third kappa shape index (κ3) is 39.1. The summed E-state index contributed by atoms with van der Waals surface area (Å²) in [4.78, 5) is 0. The van der Waals surface area contributed by atoms with E-state index in [2.05, 4.69) is 76.2 Å². The van der Waals surface area contributed by atoms with Gasteiger partial charge in [-0.25, -0.2) is 0 Å². The molecule has 0 amide bonds. The zero-order valence-electron chi connectivity index (χ0n) is 18.1. The van der Waals surface area contributed by atoms with Crippen LogP contribution in [-0.4, -0.2) is 0 Å². The van der Waals surface area contributed by atoms with E-state index in [1.807, 2.05) is 0 Å². The first-order valence-corrected chi connectivity index (χ1v) is 10.1. The molecule has 0 saturated heterocycles. The fourth-order valence-electron chi connectivity index (χ4n) is 1.50. The SMILES string of the molecule is C.CC(C)C.CC1CCCCC1C.CCC(C)C.CCC(C)C. The second-order valence-corrected chi connectivity index (χ2v) is 8.58. The summed E-state index contributed by atoms with van der Waals surface area (Å²) >= 11 is 0. The molecule has 0 N–H and O–H groups in total. The smallest absolute Gasteiger partial charge is 0.0417 e. The molecule has 146 valence electrons. The third-order valence-corrected chi connectivity index (χ3v) is 4.17. The third-order valence-electron chi connectivity index (χ3n) is 4.17. The van der Waals surface area contributed by atoms with Gasteiger partial charge in [0, 0.05) is 0 Å². The summed E-state index contributed by atoms with van der Waals surface area (Å²) in [5, 5.41) is 0. The van der Waals surface area contributed by atoms with Crippen LogP contribution in [0.4, 0.5) is 0 Å². The van der Waals surface area contributed by atoms with Crippen molar-refractivity contribution in [3.8, 4) is 0 Å². The van der Waals surface area contributed by atoms with Crippen molar-refractivity contribution >= 4 is 0 Å². The van der Waals surface area contributed by atoms with Crippen molar-refractivity contribution in [2.24, 2.45) is 29.6 Å². The summed E-state index contributed by atoms with van der Waals surface area (Å²) in [6, 6.07) is 0. The maximum atomic E-state index is 2.38. The monoisotopic (exact) mass is 330 g/mol. The van der Waals surface area contributed by atoms with Gasteiger partial charge in [0.15, 0.2) is 0 Å². The van der Waals surface area contributed by atoms with Crippen LogP contribution in [-0.2, 0) is 0 Å². The quantitative estimate of drug-likeness (QED) is 0.473. The summed E-state index contributed by atoms with van der Waals surface area (Å²) in [6.45, 7) is 24.5. The van der Waals surface area contributed by atoms with Gasteiger partial charge in [-0.15, -0.1) is 0 Å². The largest absolute Gasteiger partial charge is 0.0776 e. The predicted octanol–water partition coefficient (Wildman–Crippen LogP) is 9.24. The number of rotatable bonds is 2. The first kappa shape index (κ1) is 30.8. The van der Waals surface area contributed by atoms with Crippen molar-refractivity contribution in [1.29, 1.82) is 0 Å². The van der Waals surface area contributed by atoms with Crippen molar-refractivity contribution in [2.45, 2.75) is 122 Å². The Hall–Kier alpha value is 0. The number of hydrogen-bond acceptors (Lipinski definition) is 0. The molecule has 23 heavy (non-hydrogen) atoms. The molecule has 0 aliphatic heterocycles. The lowest BCUT2D eigenvalue weighted by atomic mass is 9.82. The van der Waals surface area contributed by atoms with Crippen molar-refractivity contribution in [1.82, 2.24) is 0 Å². The van der Waals surface area contributed by atoms with Crippen molar-refractivity contribution < 1.29 is 0 Å². The molecule has 1 aliphatic carbocycles. The highest BCUT2D eigenvalue weighted by Crippen LogP contribution is 2.28. The Morgan fingerprint density at radius 3 is 0.913 bits per heavy atom. The zero-order valence-corrected chi connectivity index (χ0v) is 18.1. The van der Waals surface area contributed by atoms with Crippen LogP contribution in [0.15, 0.2) is 0 Å². The van der Waals surface area contributed by atoms with Gasteiger partial charge in [-0.1, -0.05) is 122 Å². The van der Waals surface area contributed by atoms with Gasteiger partial charge in [-0.05, 0) is 29.6 Å². The predicted molar refractivity (Wildman–Crippen MR) is 114 cm³/mol. The molecule has 0 heterocycles. The Kier molecular flexibility index (Phi) is 29.5. The maximum absolute atomic E-state index is 2.38. The van der Waals surface area contributed by atoms with E-state index in [1.54, 1.807) is 0 Å². The van der Waals surface area contributed by atoms with Crippen molar-refractivity contribution in [3.05, 3.63) is 0 Å². The van der Waals surface area contributed by atoms with Crippen LogP contribution in [0.5, 0.6) is 0 Å². The zero-order chi connectivity index (χ0) is 18.1. The van der Waals surface area contributed by atoms with Gasteiger partial charge in [0.05, 0.1) is 0 Å². The molecule has 1 fully saturated rings. The van der Waals surface area contributed by atoms with Crippen LogP contribution < -0.4 is 0 Å². The van der Waals surface area contributed by atoms with Crippen molar-refractivity contribution in [2.75, 3.05) is 0 Å². The average Bonchev–Trinajstić information content (AvgIpc) is 2.42. The summed E-state index contributed by atoms with van der Waals surface area (Å²) in [6.07, 6.45) is 8.51. The van der Waals surface area contributed by atoms with E-state index in [0.29, 0.717) is 0 Å². The number of hydrogen-bond donors (Lipinski definition) is 0. The minimum atomic E-state index is 0. The van der Waals surface area contributed by atoms with E-state index < -0.39 is 0 Å². The van der Waals surface area contributed by atoms with Crippen LogP contribution in [0.1, 0.15) is 122 Å². The van der Waals surface area contributed by atoms with Crippen molar-refractivity contribution in [3.63, 3.8) is 0 Å². The molecule has 0 aromatic rings. The summed E-state index contributed by atoms with van der Waals surface area (Å²) in [5.41, 5.74) is 0. The minimum Gasteiger partial charge on any atom is -0.0776 e. The Morgan fingerprint density at radius 1 is 0.652 bits per heavy atom. The maximum Gasteiger partial charge on any atom is -0.0417 e. The molecule has 0 bridgehead atoms. The molecule has 0 nitrogen and oxygen atoms in total. The molecule has 0 spiro atoms. The van der Waals surface area contributed by atoms with Crippen LogP contribution in [0.3, 0.4) is 0 Å². The molecule has 0 aromatic carbocycles. The lowest BCUT2D eigenvalue weighted by Crippen LogP contribution is -2.12. The normalized spacial score (nSPS) is 19.6. The molecule has 1 saturated carbocycles. The Labute approximate surface area is 152 Å². The van der Waals surface area contributed by atoms with E-state index in [1.165, 1.54) is 38.5 Å². The highest BCUT2D eigenvalue weighted by atomic mass is 14.2.